The van der Waals surface area contributed by atoms with Gasteiger partial charge in [0.25, 0.3) is 0 Å². The van der Waals surface area contributed by atoms with Gasteiger partial charge in [-0.3, -0.25) is 0 Å². The summed E-state index contributed by atoms with van der Waals surface area (Å²) in [5.41, 5.74) is 7.46. The zero-order valence-electron chi connectivity index (χ0n) is 23.7. The molecule has 8 aromatic carbocycles. The third-order valence-electron chi connectivity index (χ3n) is 9.29. The lowest BCUT2D eigenvalue weighted by molar-refractivity contribution is 0.617. The molecule has 0 bridgehead atoms. The second-order valence-electron chi connectivity index (χ2n) is 11.7. The molecule has 0 aliphatic carbocycles. The van der Waals surface area contributed by atoms with Gasteiger partial charge in [0.1, 0.15) is 16.7 Å². The maximum Gasteiger partial charge on any atom is 0.136 e. The molecule has 0 fully saturated rings. The van der Waals surface area contributed by atoms with Crippen molar-refractivity contribution in [2.24, 2.45) is 0 Å². The Balaban J connectivity index is 1.31. The van der Waals surface area contributed by atoms with E-state index in [1.54, 1.807) is 0 Å². The number of fused-ring (bicyclic) bond motifs is 9. The average molecular weight is 561 g/mol. The molecule has 0 N–H and O–H groups in total. The first kappa shape index (κ1) is 23.7. The van der Waals surface area contributed by atoms with Gasteiger partial charge in [-0.15, -0.1) is 0 Å². The highest BCUT2D eigenvalue weighted by Gasteiger charge is 2.21. The van der Waals surface area contributed by atoms with Gasteiger partial charge in [0.2, 0.25) is 0 Å². The van der Waals surface area contributed by atoms with Crippen LogP contribution in [0.1, 0.15) is 0 Å². The largest absolute Gasteiger partial charge is 0.464 e. The molecule has 2 aromatic heterocycles. The molecule has 0 spiro atoms. The van der Waals surface area contributed by atoms with E-state index in [0.717, 1.165) is 38.5 Å². The minimum atomic E-state index is 0.903. The van der Waals surface area contributed by atoms with Gasteiger partial charge >= 0.3 is 0 Å². The molecule has 2 heteroatoms. The molecule has 0 atom stereocenters. The number of rotatable bonds is 2. The smallest absolute Gasteiger partial charge is 0.136 e. The van der Waals surface area contributed by atoms with Gasteiger partial charge < -0.3 is 8.83 Å². The van der Waals surface area contributed by atoms with Crippen molar-refractivity contribution in [3.63, 3.8) is 0 Å². The maximum atomic E-state index is 6.36. The van der Waals surface area contributed by atoms with Gasteiger partial charge in [-0.1, -0.05) is 109 Å². The Kier molecular flexibility index (Phi) is 4.75. The predicted molar refractivity (Wildman–Crippen MR) is 184 cm³/mol. The van der Waals surface area contributed by atoms with Crippen molar-refractivity contribution in [1.29, 1.82) is 0 Å². The van der Waals surface area contributed by atoms with Crippen LogP contribution in [0.4, 0.5) is 0 Å². The monoisotopic (exact) mass is 560 g/mol. The van der Waals surface area contributed by atoms with Crippen LogP contribution in [0, 0.1) is 0 Å². The molecule has 0 saturated heterocycles. The van der Waals surface area contributed by atoms with Crippen LogP contribution in [0.2, 0.25) is 0 Å². The Morgan fingerprint density at radius 3 is 1.66 bits per heavy atom. The topological polar surface area (TPSA) is 26.3 Å². The average Bonchev–Trinajstić information content (AvgIpc) is 3.67. The Morgan fingerprint density at radius 2 is 0.932 bits per heavy atom. The molecule has 0 aliphatic rings. The van der Waals surface area contributed by atoms with Gasteiger partial charge in [0.15, 0.2) is 0 Å². The summed E-state index contributed by atoms with van der Waals surface area (Å²) in [6.07, 6.45) is 1.94. The quantitative estimate of drug-likeness (QED) is 0.197. The van der Waals surface area contributed by atoms with Crippen molar-refractivity contribution in [3.8, 4) is 22.3 Å². The van der Waals surface area contributed by atoms with E-state index in [1.807, 2.05) is 6.26 Å². The molecule has 10 aromatic rings. The Bertz CT molecular complexity index is 2720. The molecule has 0 saturated carbocycles. The zero-order chi connectivity index (χ0) is 28.8. The second-order valence-corrected chi connectivity index (χ2v) is 11.7. The molecule has 2 heterocycles. The van der Waals surface area contributed by atoms with E-state index in [4.69, 9.17) is 8.83 Å². The van der Waals surface area contributed by atoms with Crippen molar-refractivity contribution < 1.29 is 8.83 Å². The van der Waals surface area contributed by atoms with Crippen molar-refractivity contribution in [2.75, 3.05) is 0 Å². The lowest BCUT2D eigenvalue weighted by Crippen LogP contribution is -1.90. The summed E-state index contributed by atoms with van der Waals surface area (Å²) in [6.45, 7) is 0. The predicted octanol–water partition coefficient (Wildman–Crippen LogP) is 12.3. The van der Waals surface area contributed by atoms with Crippen molar-refractivity contribution in [2.45, 2.75) is 0 Å². The molecule has 44 heavy (non-hydrogen) atoms. The number of hydrogen-bond acceptors (Lipinski definition) is 2. The van der Waals surface area contributed by atoms with Crippen LogP contribution in [0.25, 0.3) is 98.3 Å². The normalized spacial score (nSPS) is 12.1. The molecule has 0 aliphatic heterocycles. The highest BCUT2D eigenvalue weighted by molar-refractivity contribution is 6.26. The first-order valence-electron chi connectivity index (χ1n) is 15.0. The van der Waals surface area contributed by atoms with E-state index in [2.05, 4.69) is 140 Å². The van der Waals surface area contributed by atoms with Gasteiger partial charge in [-0.05, 0) is 84.5 Å². The highest BCUT2D eigenvalue weighted by atomic mass is 16.3. The van der Waals surface area contributed by atoms with Gasteiger partial charge in [0, 0.05) is 27.3 Å². The highest BCUT2D eigenvalue weighted by Crippen LogP contribution is 2.47. The fraction of sp³-hybridized carbons (Fsp3) is 0. The van der Waals surface area contributed by atoms with E-state index in [1.165, 1.54) is 59.8 Å². The second kappa shape index (κ2) is 8.82. The summed E-state index contributed by atoms with van der Waals surface area (Å²) in [7, 11) is 0. The molecule has 0 unspecified atom stereocenters. The molecule has 10 rings (SSSR count). The Morgan fingerprint density at radius 1 is 0.364 bits per heavy atom. The summed E-state index contributed by atoms with van der Waals surface area (Å²) in [4.78, 5) is 0. The third-order valence-corrected chi connectivity index (χ3v) is 9.29. The standard InChI is InChI=1S/C42H24O2/c1-2-11-27-23-39-35(21-26(27)10-1)34-22-28(18-19-37(34)44-39)40-30-13-5-7-15-32(30)41(33-16-8-6-14-31(33)40)36-24-43-38-20-17-25-9-3-4-12-29(25)42(36)38/h1-24H. The van der Waals surface area contributed by atoms with E-state index in [0.29, 0.717) is 0 Å². The summed E-state index contributed by atoms with van der Waals surface area (Å²) < 4.78 is 12.6. The lowest BCUT2D eigenvalue weighted by atomic mass is 9.85. The fourth-order valence-corrected chi connectivity index (χ4v) is 7.34. The van der Waals surface area contributed by atoms with E-state index in [9.17, 15) is 0 Å². The summed E-state index contributed by atoms with van der Waals surface area (Å²) >= 11 is 0. The molecular formula is C42H24O2. The number of furan rings is 2. The molecular weight excluding hydrogens is 536 g/mol. The first-order valence-corrected chi connectivity index (χ1v) is 15.0. The van der Waals surface area contributed by atoms with Gasteiger partial charge in [-0.25, -0.2) is 0 Å². The van der Waals surface area contributed by atoms with Gasteiger partial charge in [0.05, 0.1) is 6.26 Å². The van der Waals surface area contributed by atoms with Crippen molar-refractivity contribution >= 4 is 76.0 Å². The SMILES string of the molecule is c1ccc2cc3c(cc2c1)oc1ccc(-c2c4ccccc4c(-c4coc5ccc6ccccc6c45)c4ccccc24)cc13. The van der Waals surface area contributed by atoms with E-state index < -0.39 is 0 Å². The zero-order valence-corrected chi connectivity index (χ0v) is 23.7. The van der Waals surface area contributed by atoms with Crippen LogP contribution in [0.5, 0.6) is 0 Å². The van der Waals surface area contributed by atoms with Gasteiger partial charge in [-0.2, -0.15) is 0 Å². The third kappa shape index (κ3) is 3.25. The number of benzene rings is 8. The molecule has 0 amide bonds. The Hall–Kier alpha value is -5.86. The number of hydrogen-bond donors (Lipinski definition) is 0. The van der Waals surface area contributed by atoms with Crippen molar-refractivity contribution in [3.05, 3.63) is 146 Å². The summed E-state index contributed by atoms with van der Waals surface area (Å²) in [5.74, 6) is 0. The summed E-state index contributed by atoms with van der Waals surface area (Å²) in [6, 6.07) is 49.9. The molecule has 0 radical (unpaired) electrons. The van der Waals surface area contributed by atoms with E-state index >= 15 is 0 Å². The summed E-state index contributed by atoms with van der Waals surface area (Å²) in [5, 5.41) is 13.1. The molecule has 204 valence electrons. The molecule has 2 nitrogen and oxygen atoms in total. The maximum absolute atomic E-state index is 6.36. The van der Waals surface area contributed by atoms with Crippen LogP contribution in [-0.2, 0) is 0 Å². The van der Waals surface area contributed by atoms with Crippen LogP contribution >= 0.6 is 0 Å². The van der Waals surface area contributed by atoms with Crippen LogP contribution in [0.15, 0.2) is 155 Å². The van der Waals surface area contributed by atoms with E-state index in [-0.39, 0.29) is 0 Å². The Labute approximate surface area is 252 Å². The minimum absolute atomic E-state index is 0.903. The van der Waals surface area contributed by atoms with Crippen molar-refractivity contribution in [1.82, 2.24) is 0 Å². The minimum Gasteiger partial charge on any atom is -0.464 e. The van der Waals surface area contributed by atoms with Crippen LogP contribution < -0.4 is 0 Å². The van der Waals surface area contributed by atoms with Crippen LogP contribution in [0.3, 0.4) is 0 Å². The lowest BCUT2D eigenvalue weighted by Gasteiger charge is -2.17. The fourth-order valence-electron chi connectivity index (χ4n) is 7.34. The van der Waals surface area contributed by atoms with Crippen LogP contribution in [-0.4, -0.2) is 0 Å². The first-order chi connectivity index (χ1) is 21.8.